The molecule has 102 valence electrons. The van der Waals surface area contributed by atoms with Crippen molar-refractivity contribution < 1.29 is 22.6 Å². The fraction of sp³-hybridized carbons (Fsp3) is 0.875. The van der Waals surface area contributed by atoms with E-state index < -0.39 is 12.8 Å². The summed E-state index contributed by atoms with van der Waals surface area (Å²) in [5.41, 5.74) is 2.27. The zero-order chi connectivity index (χ0) is 13.1. The number of aliphatic imine (C=N–C) groups is 1. The molecule has 0 unspecified atom stereocenters. The molecule has 0 aromatic rings. The number of nitrogens with one attached hydrogen (secondary N) is 2. The molecule has 0 aromatic heterocycles. The molecule has 0 aliphatic carbocycles. The van der Waals surface area contributed by atoms with Crippen LogP contribution in [0.5, 0.6) is 0 Å². The average molecular weight is 258 g/mol. The zero-order valence-electron chi connectivity index (χ0n) is 9.51. The monoisotopic (exact) mass is 258 g/mol. The minimum absolute atomic E-state index is 0.0790. The third kappa shape index (κ3) is 11.2. The second-order valence-electron chi connectivity index (χ2n) is 2.96. The summed E-state index contributed by atoms with van der Waals surface area (Å²) >= 11 is 0. The molecule has 0 atom stereocenters. The normalized spacial score (nSPS) is 12.6. The van der Waals surface area contributed by atoms with Gasteiger partial charge in [0, 0.05) is 13.7 Å². The highest BCUT2D eigenvalue weighted by Gasteiger charge is 2.27. The highest BCUT2D eigenvalue weighted by Crippen LogP contribution is 2.13. The fourth-order valence-corrected chi connectivity index (χ4v) is 0.834. The van der Waals surface area contributed by atoms with Gasteiger partial charge in [-0.3, -0.25) is 5.43 Å². The summed E-state index contributed by atoms with van der Waals surface area (Å²) in [6, 6.07) is 0. The quantitative estimate of drug-likeness (QED) is 0.191. The summed E-state index contributed by atoms with van der Waals surface area (Å²) in [5, 5.41) is 2.79. The predicted octanol–water partition coefficient (Wildman–Crippen LogP) is -0.379. The van der Waals surface area contributed by atoms with Crippen LogP contribution in [0, 0.1) is 0 Å². The largest absolute Gasteiger partial charge is 0.411 e. The van der Waals surface area contributed by atoms with E-state index in [1.54, 1.807) is 7.11 Å². The Morgan fingerprint density at radius 3 is 2.59 bits per heavy atom. The number of ether oxygens (including phenoxy) is 2. The lowest BCUT2D eigenvalue weighted by molar-refractivity contribution is -0.173. The topological polar surface area (TPSA) is 80.9 Å². The predicted molar refractivity (Wildman–Crippen MR) is 56.4 cm³/mol. The van der Waals surface area contributed by atoms with Gasteiger partial charge in [-0.1, -0.05) is 0 Å². The van der Waals surface area contributed by atoms with E-state index >= 15 is 0 Å². The molecular weight excluding hydrogens is 241 g/mol. The molecule has 6 nitrogen and oxygen atoms in total. The smallest absolute Gasteiger partial charge is 0.383 e. The van der Waals surface area contributed by atoms with Crippen LogP contribution in [0.25, 0.3) is 0 Å². The Bertz CT molecular complexity index is 223. The molecule has 0 aliphatic heterocycles. The molecular formula is C8H17F3N4O2. The molecule has 0 bridgehead atoms. The number of hydrazine groups is 1. The first-order valence-electron chi connectivity index (χ1n) is 4.88. The van der Waals surface area contributed by atoms with Gasteiger partial charge in [0.25, 0.3) is 0 Å². The first kappa shape index (κ1) is 15.9. The Labute approximate surface area is 97.3 Å². The van der Waals surface area contributed by atoms with Crippen molar-refractivity contribution >= 4 is 5.96 Å². The summed E-state index contributed by atoms with van der Waals surface area (Å²) in [5.74, 6) is 5.41. The molecule has 9 heteroatoms. The first-order valence-corrected chi connectivity index (χ1v) is 4.88. The van der Waals surface area contributed by atoms with Gasteiger partial charge in [-0.05, 0) is 0 Å². The van der Waals surface area contributed by atoms with E-state index in [9.17, 15) is 13.2 Å². The lowest BCUT2D eigenvalue weighted by Gasteiger charge is -2.09. The number of hydrogen-bond acceptors (Lipinski definition) is 4. The number of nitrogens with two attached hydrogens (primary N) is 1. The van der Waals surface area contributed by atoms with Gasteiger partial charge in [-0.15, -0.1) is 0 Å². The molecule has 0 aliphatic rings. The summed E-state index contributed by atoms with van der Waals surface area (Å²) in [6.07, 6.45) is -4.31. The van der Waals surface area contributed by atoms with Gasteiger partial charge in [-0.2, -0.15) is 13.2 Å². The van der Waals surface area contributed by atoms with Crippen LogP contribution >= 0.6 is 0 Å². The molecule has 0 spiro atoms. The van der Waals surface area contributed by atoms with Gasteiger partial charge in [0.05, 0.1) is 19.8 Å². The van der Waals surface area contributed by atoms with Crippen LogP contribution in [-0.4, -0.2) is 52.2 Å². The van der Waals surface area contributed by atoms with Crippen LogP contribution in [0.4, 0.5) is 13.2 Å². The molecule has 4 N–H and O–H groups in total. The van der Waals surface area contributed by atoms with Gasteiger partial charge >= 0.3 is 6.18 Å². The fourth-order valence-electron chi connectivity index (χ4n) is 0.834. The number of guanidine groups is 1. The Morgan fingerprint density at radius 2 is 2.06 bits per heavy atom. The Hall–Kier alpha value is -1.06. The first-order chi connectivity index (χ1) is 7.99. The second-order valence-corrected chi connectivity index (χ2v) is 2.96. The Balaban J connectivity index is 3.64. The maximum absolute atomic E-state index is 11.7. The maximum atomic E-state index is 11.7. The molecule has 0 aromatic carbocycles. The molecule has 0 saturated heterocycles. The lowest BCUT2D eigenvalue weighted by atomic mass is 10.6. The SMILES string of the molecule is COCCNC(=NCCOCC(F)(F)F)NN. The summed E-state index contributed by atoms with van der Waals surface area (Å²) in [4.78, 5) is 3.86. The van der Waals surface area contributed by atoms with Gasteiger partial charge in [0.1, 0.15) is 6.61 Å². The second kappa shape index (κ2) is 9.02. The van der Waals surface area contributed by atoms with Crippen molar-refractivity contribution in [3.05, 3.63) is 0 Å². The van der Waals surface area contributed by atoms with Crippen LogP contribution in [-0.2, 0) is 9.47 Å². The van der Waals surface area contributed by atoms with Crippen molar-refractivity contribution in [1.82, 2.24) is 10.7 Å². The molecule has 0 radical (unpaired) electrons. The Morgan fingerprint density at radius 1 is 1.35 bits per heavy atom. The van der Waals surface area contributed by atoms with Crippen LogP contribution in [0.3, 0.4) is 0 Å². The van der Waals surface area contributed by atoms with E-state index in [0.717, 1.165) is 0 Å². The van der Waals surface area contributed by atoms with Crippen molar-refractivity contribution in [2.45, 2.75) is 6.18 Å². The van der Waals surface area contributed by atoms with Gasteiger partial charge < -0.3 is 14.8 Å². The number of alkyl halides is 3. The van der Waals surface area contributed by atoms with Gasteiger partial charge in [0.2, 0.25) is 5.96 Å². The van der Waals surface area contributed by atoms with E-state index in [4.69, 9.17) is 10.6 Å². The number of halogens is 3. The third-order valence-electron chi connectivity index (χ3n) is 1.51. The van der Waals surface area contributed by atoms with E-state index in [0.29, 0.717) is 13.2 Å². The van der Waals surface area contributed by atoms with Gasteiger partial charge in [0.15, 0.2) is 0 Å². The maximum Gasteiger partial charge on any atom is 0.411 e. The number of rotatable bonds is 7. The lowest BCUT2D eigenvalue weighted by Crippen LogP contribution is -2.43. The molecule has 0 fully saturated rings. The van der Waals surface area contributed by atoms with E-state index in [1.165, 1.54) is 0 Å². The van der Waals surface area contributed by atoms with E-state index in [2.05, 4.69) is 20.5 Å². The van der Waals surface area contributed by atoms with Crippen molar-refractivity contribution in [3.8, 4) is 0 Å². The van der Waals surface area contributed by atoms with Crippen LogP contribution in [0.2, 0.25) is 0 Å². The summed E-state index contributed by atoms with van der Waals surface area (Å²) in [6.45, 7) is -0.370. The third-order valence-corrected chi connectivity index (χ3v) is 1.51. The van der Waals surface area contributed by atoms with Crippen molar-refractivity contribution in [2.24, 2.45) is 10.8 Å². The number of methoxy groups -OCH3 is 1. The van der Waals surface area contributed by atoms with Crippen molar-refractivity contribution in [1.29, 1.82) is 0 Å². The Kier molecular flexibility index (Phi) is 8.46. The van der Waals surface area contributed by atoms with Crippen LogP contribution in [0.1, 0.15) is 0 Å². The van der Waals surface area contributed by atoms with Crippen molar-refractivity contribution in [3.63, 3.8) is 0 Å². The minimum Gasteiger partial charge on any atom is -0.383 e. The zero-order valence-corrected chi connectivity index (χ0v) is 9.51. The minimum atomic E-state index is -4.31. The van der Waals surface area contributed by atoms with Crippen LogP contribution in [0.15, 0.2) is 4.99 Å². The standard InChI is InChI=1S/C8H17F3N4O2/c1-16-4-2-13-7(15-12)14-3-5-17-6-8(9,10)11/h2-6,12H2,1H3,(H2,13,14,15). The number of hydrogen-bond donors (Lipinski definition) is 3. The van der Waals surface area contributed by atoms with Crippen molar-refractivity contribution in [2.75, 3.05) is 40.0 Å². The van der Waals surface area contributed by atoms with E-state index in [-0.39, 0.29) is 19.1 Å². The van der Waals surface area contributed by atoms with Gasteiger partial charge in [-0.25, -0.2) is 10.8 Å². The average Bonchev–Trinajstić information content (AvgIpc) is 2.25. The van der Waals surface area contributed by atoms with Crippen LogP contribution < -0.4 is 16.6 Å². The summed E-state index contributed by atoms with van der Waals surface area (Å²) < 4.78 is 44.2. The molecule has 0 amide bonds. The number of nitrogens with zero attached hydrogens (tertiary/aromatic N) is 1. The molecule has 0 heterocycles. The molecule has 0 saturated carbocycles. The highest BCUT2D eigenvalue weighted by molar-refractivity contribution is 5.79. The molecule has 0 rings (SSSR count). The summed E-state index contributed by atoms with van der Waals surface area (Å²) in [7, 11) is 1.54. The van der Waals surface area contributed by atoms with E-state index in [1.807, 2.05) is 0 Å². The molecule has 17 heavy (non-hydrogen) atoms. The highest BCUT2D eigenvalue weighted by atomic mass is 19.4.